The zero-order valence-corrected chi connectivity index (χ0v) is 20.8. The van der Waals surface area contributed by atoms with Crippen LogP contribution in [0.4, 0.5) is 11.4 Å². The van der Waals surface area contributed by atoms with E-state index < -0.39 is 0 Å². The molecule has 178 valence electrons. The van der Waals surface area contributed by atoms with Crippen molar-refractivity contribution in [2.24, 2.45) is 5.41 Å². The SMILES string of the molecule is CC(C)(C)CNc1c(C#N)cnc2c(Cl)cc(NC(c3ccccc3)c3cn(C4CC4)nn3)cc12. The summed E-state index contributed by atoms with van der Waals surface area (Å²) in [4.78, 5) is 4.47. The first-order valence-electron chi connectivity index (χ1n) is 11.8. The molecule has 1 unspecified atom stereocenters. The average Bonchev–Trinajstić information content (AvgIpc) is 3.58. The van der Waals surface area contributed by atoms with E-state index in [0.717, 1.165) is 40.9 Å². The maximum absolute atomic E-state index is 9.74. The van der Waals surface area contributed by atoms with Crippen molar-refractivity contribution < 1.29 is 0 Å². The van der Waals surface area contributed by atoms with E-state index in [2.05, 4.69) is 64.9 Å². The fourth-order valence-electron chi connectivity index (χ4n) is 4.05. The van der Waals surface area contributed by atoms with Gasteiger partial charge in [-0.1, -0.05) is 67.9 Å². The number of fused-ring (bicyclic) bond motifs is 1. The molecule has 0 aliphatic heterocycles. The molecule has 1 fully saturated rings. The Balaban J connectivity index is 1.57. The van der Waals surface area contributed by atoms with Crippen LogP contribution in [0.3, 0.4) is 0 Å². The second-order valence-corrected chi connectivity index (χ2v) is 10.7. The van der Waals surface area contributed by atoms with E-state index in [-0.39, 0.29) is 11.5 Å². The summed E-state index contributed by atoms with van der Waals surface area (Å²) in [6.45, 7) is 7.14. The molecule has 0 spiro atoms. The van der Waals surface area contributed by atoms with Gasteiger partial charge in [-0.3, -0.25) is 4.98 Å². The van der Waals surface area contributed by atoms with Crippen molar-refractivity contribution in [3.05, 3.63) is 76.7 Å². The van der Waals surface area contributed by atoms with Gasteiger partial charge in [-0.25, -0.2) is 4.68 Å². The lowest BCUT2D eigenvalue weighted by atomic mass is 9.96. The number of hydrogen-bond donors (Lipinski definition) is 2. The lowest BCUT2D eigenvalue weighted by Gasteiger charge is -2.22. The maximum Gasteiger partial charge on any atom is 0.109 e. The number of benzene rings is 2. The van der Waals surface area contributed by atoms with Gasteiger partial charge in [-0.15, -0.1) is 5.10 Å². The van der Waals surface area contributed by atoms with Crippen LogP contribution in [-0.2, 0) is 0 Å². The summed E-state index contributed by atoms with van der Waals surface area (Å²) >= 11 is 6.70. The third kappa shape index (κ3) is 5.08. The number of anilines is 2. The molecule has 1 atom stereocenters. The van der Waals surface area contributed by atoms with Crippen LogP contribution in [0.15, 0.2) is 54.9 Å². The van der Waals surface area contributed by atoms with Crippen molar-refractivity contribution in [1.29, 1.82) is 5.26 Å². The van der Waals surface area contributed by atoms with Crippen LogP contribution in [0.25, 0.3) is 10.9 Å². The Labute approximate surface area is 210 Å². The second kappa shape index (κ2) is 9.20. The molecule has 5 rings (SSSR count). The van der Waals surface area contributed by atoms with Gasteiger partial charge in [-0.05, 0) is 36.0 Å². The van der Waals surface area contributed by atoms with Gasteiger partial charge in [0.1, 0.15) is 11.8 Å². The first kappa shape index (κ1) is 23.1. The van der Waals surface area contributed by atoms with Gasteiger partial charge in [0.05, 0.1) is 40.1 Å². The molecule has 0 amide bonds. The molecule has 0 saturated heterocycles. The summed E-state index contributed by atoms with van der Waals surface area (Å²) in [6.07, 6.45) is 5.89. The van der Waals surface area contributed by atoms with E-state index in [1.165, 1.54) is 0 Å². The molecule has 2 aromatic heterocycles. The van der Waals surface area contributed by atoms with Crippen molar-refractivity contribution in [2.45, 2.75) is 45.7 Å². The summed E-state index contributed by atoms with van der Waals surface area (Å²) in [5.41, 5.74) is 4.65. The Bertz CT molecular complexity index is 1400. The van der Waals surface area contributed by atoms with E-state index in [1.54, 1.807) is 6.20 Å². The first-order chi connectivity index (χ1) is 16.8. The molecular weight excluding hydrogens is 458 g/mol. The summed E-state index contributed by atoms with van der Waals surface area (Å²) in [6, 6.07) is 16.5. The van der Waals surface area contributed by atoms with Crippen LogP contribution in [0.5, 0.6) is 0 Å². The number of halogens is 1. The van der Waals surface area contributed by atoms with Gasteiger partial charge in [0.2, 0.25) is 0 Å². The Kier molecular flexibility index (Phi) is 6.08. The smallest absolute Gasteiger partial charge is 0.109 e. The number of rotatable bonds is 7. The van der Waals surface area contributed by atoms with E-state index in [9.17, 15) is 5.26 Å². The first-order valence-corrected chi connectivity index (χ1v) is 12.2. The maximum atomic E-state index is 9.74. The Morgan fingerprint density at radius 3 is 2.66 bits per heavy atom. The highest BCUT2D eigenvalue weighted by atomic mass is 35.5. The Morgan fingerprint density at radius 1 is 1.20 bits per heavy atom. The number of nitrogens with one attached hydrogen (secondary N) is 2. The number of pyridine rings is 1. The highest BCUT2D eigenvalue weighted by Gasteiger charge is 2.27. The van der Waals surface area contributed by atoms with E-state index in [4.69, 9.17) is 11.6 Å². The van der Waals surface area contributed by atoms with Gasteiger partial charge in [0.25, 0.3) is 0 Å². The molecule has 2 aromatic carbocycles. The number of nitrogens with zero attached hydrogens (tertiary/aromatic N) is 5. The largest absolute Gasteiger partial charge is 0.383 e. The molecule has 0 radical (unpaired) electrons. The molecule has 1 aliphatic carbocycles. The lowest BCUT2D eigenvalue weighted by Crippen LogP contribution is -2.20. The van der Waals surface area contributed by atoms with Gasteiger partial charge < -0.3 is 10.6 Å². The number of nitriles is 1. The van der Waals surface area contributed by atoms with Crippen LogP contribution in [0.1, 0.15) is 62.5 Å². The Morgan fingerprint density at radius 2 is 1.97 bits per heavy atom. The third-order valence-electron chi connectivity index (χ3n) is 6.03. The fraction of sp³-hybridized carbons (Fsp3) is 0.333. The zero-order valence-electron chi connectivity index (χ0n) is 20.1. The van der Waals surface area contributed by atoms with Crippen molar-refractivity contribution >= 4 is 33.9 Å². The van der Waals surface area contributed by atoms with Crippen LogP contribution in [-0.4, -0.2) is 26.5 Å². The topological polar surface area (TPSA) is 91.5 Å². The summed E-state index contributed by atoms with van der Waals surface area (Å²) in [5, 5.41) is 27.0. The standard InChI is InChI=1S/C27H28ClN7/c1-27(2,3)16-31-24-18(13-29)14-30-26-21(24)11-19(12-22(26)28)32-25(17-7-5-4-6-8-17)23-15-35(34-33-23)20-9-10-20/h4-8,11-12,14-15,20,25,32H,9-10,16H2,1-3H3,(H,30,31). The van der Waals surface area contributed by atoms with Crippen LogP contribution < -0.4 is 10.6 Å². The third-order valence-corrected chi connectivity index (χ3v) is 6.32. The minimum atomic E-state index is -0.213. The zero-order chi connectivity index (χ0) is 24.6. The monoisotopic (exact) mass is 485 g/mol. The molecule has 4 aromatic rings. The number of hydrogen-bond acceptors (Lipinski definition) is 6. The van der Waals surface area contributed by atoms with E-state index in [0.29, 0.717) is 28.7 Å². The average molecular weight is 486 g/mol. The highest BCUT2D eigenvalue weighted by molar-refractivity contribution is 6.35. The molecule has 1 saturated carbocycles. The summed E-state index contributed by atoms with van der Waals surface area (Å²) in [5.74, 6) is 0. The minimum absolute atomic E-state index is 0.0355. The summed E-state index contributed by atoms with van der Waals surface area (Å²) in [7, 11) is 0. The molecule has 35 heavy (non-hydrogen) atoms. The highest BCUT2D eigenvalue weighted by Crippen LogP contribution is 2.37. The van der Waals surface area contributed by atoms with Gasteiger partial charge in [0.15, 0.2) is 0 Å². The molecule has 7 nitrogen and oxygen atoms in total. The van der Waals surface area contributed by atoms with Crippen LogP contribution in [0, 0.1) is 16.7 Å². The predicted molar refractivity (Wildman–Crippen MR) is 140 cm³/mol. The van der Waals surface area contributed by atoms with E-state index >= 15 is 0 Å². The van der Waals surface area contributed by atoms with Gasteiger partial charge >= 0.3 is 0 Å². The predicted octanol–water partition coefficient (Wildman–Crippen LogP) is 6.35. The molecule has 0 bridgehead atoms. The van der Waals surface area contributed by atoms with Crippen LogP contribution in [0.2, 0.25) is 5.02 Å². The molecule has 2 heterocycles. The van der Waals surface area contributed by atoms with Gasteiger partial charge in [-0.2, -0.15) is 5.26 Å². The minimum Gasteiger partial charge on any atom is -0.383 e. The number of aromatic nitrogens is 4. The van der Waals surface area contributed by atoms with Crippen molar-refractivity contribution in [2.75, 3.05) is 17.2 Å². The molecule has 8 heteroatoms. The quantitative estimate of drug-likeness (QED) is 0.317. The van der Waals surface area contributed by atoms with Crippen molar-refractivity contribution in [1.82, 2.24) is 20.0 Å². The molecule has 2 N–H and O–H groups in total. The molecular formula is C27H28ClN7. The van der Waals surface area contributed by atoms with Crippen LogP contribution >= 0.6 is 11.6 Å². The second-order valence-electron chi connectivity index (χ2n) is 10.3. The molecule has 1 aliphatic rings. The summed E-state index contributed by atoms with van der Waals surface area (Å²) < 4.78 is 1.96. The lowest BCUT2D eigenvalue weighted by molar-refractivity contribution is 0.443. The van der Waals surface area contributed by atoms with Crippen molar-refractivity contribution in [3.63, 3.8) is 0 Å². The normalized spacial score (nSPS) is 14.5. The fourth-order valence-corrected chi connectivity index (χ4v) is 4.32. The van der Waals surface area contributed by atoms with Crippen molar-refractivity contribution in [3.8, 4) is 6.07 Å². The van der Waals surface area contributed by atoms with Gasteiger partial charge in [0, 0.05) is 23.8 Å². The van der Waals surface area contributed by atoms with E-state index in [1.807, 2.05) is 41.2 Å². The Hall–Kier alpha value is -3.63.